The van der Waals surface area contributed by atoms with Gasteiger partial charge in [-0.1, -0.05) is 282 Å². The van der Waals surface area contributed by atoms with Gasteiger partial charge in [-0.15, -0.1) is 0 Å². The van der Waals surface area contributed by atoms with Crippen LogP contribution in [0.25, 0.3) is 0 Å². The smallest absolute Gasteiger partial charge is 0.306 e. The summed E-state index contributed by atoms with van der Waals surface area (Å²) in [6.45, 7) is 6.26. The number of rotatable bonds is 59. The van der Waals surface area contributed by atoms with E-state index >= 15 is 0 Å². The second-order valence-corrected chi connectivity index (χ2v) is 21.6. The Bertz CT molecular complexity index is 1760. The molecule has 0 fully saturated rings. The van der Waals surface area contributed by atoms with Crippen molar-refractivity contribution in [2.75, 3.05) is 13.2 Å². The number of carbonyl (C=O) groups is 3. The van der Waals surface area contributed by atoms with E-state index in [4.69, 9.17) is 14.2 Å². The molecule has 0 saturated heterocycles. The zero-order valence-corrected chi connectivity index (χ0v) is 52.5. The van der Waals surface area contributed by atoms with E-state index in [0.29, 0.717) is 19.3 Å². The molecule has 0 aliphatic heterocycles. The van der Waals surface area contributed by atoms with Crippen LogP contribution in [-0.4, -0.2) is 37.2 Å². The van der Waals surface area contributed by atoms with Crippen molar-refractivity contribution in [1.82, 2.24) is 0 Å². The molecule has 1 unspecified atom stereocenters. The van der Waals surface area contributed by atoms with E-state index in [0.717, 1.165) is 154 Å². The van der Waals surface area contributed by atoms with Crippen LogP contribution >= 0.6 is 0 Å². The summed E-state index contributed by atoms with van der Waals surface area (Å²) in [5.41, 5.74) is 0. The highest BCUT2D eigenvalue weighted by Crippen LogP contribution is 2.16. The van der Waals surface area contributed by atoms with Gasteiger partial charge in [0, 0.05) is 19.3 Å². The normalized spacial score (nSPS) is 13.1. The Morgan fingerprint density at radius 3 is 0.704 bits per heavy atom. The second-order valence-electron chi connectivity index (χ2n) is 21.6. The summed E-state index contributed by atoms with van der Waals surface area (Å²) < 4.78 is 16.9. The Kier molecular flexibility index (Phi) is 63.9. The van der Waals surface area contributed by atoms with E-state index < -0.39 is 6.10 Å². The molecule has 81 heavy (non-hydrogen) atoms. The SMILES string of the molecule is CC/C=C\C/C=C\C/C=C\C/C=C\C/C=C\CCCCCCCCCCCCCCCCCCCC(=O)OCC(COC(=O)CCCCC/C=C\C/C=C\C/C=C\CC)OC(=O)CCCCCC/C=C\C/C=C\C/C=C\C/C=C\CC. The van der Waals surface area contributed by atoms with E-state index in [-0.39, 0.29) is 31.1 Å². The molecule has 1 atom stereocenters. The fourth-order valence-electron chi connectivity index (χ4n) is 8.95. The van der Waals surface area contributed by atoms with Crippen LogP contribution in [0.3, 0.4) is 0 Å². The number of allylic oxidation sites excluding steroid dienone is 24. The van der Waals surface area contributed by atoms with Gasteiger partial charge >= 0.3 is 17.9 Å². The first-order valence-corrected chi connectivity index (χ1v) is 33.3. The molecule has 0 heterocycles. The maximum Gasteiger partial charge on any atom is 0.306 e. The third-order valence-electron chi connectivity index (χ3n) is 13.8. The zero-order valence-electron chi connectivity index (χ0n) is 52.5. The summed E-state index contributed by atoms with van der Waals surface area (Å²) in [6, 6.07) is 0. The van der Waals surface area contributed by atoms with Crippen molar-refractivity contribution >= 4 is 17.9 Å². The van der Waals surface area contributed by atoms with Crippen molar-refractivity contribution in [3.8, 4) is 0 Å². The Morgan fingerprint density at radius 1 is 0.247 bits per heavy atom. The number of esters is 3. The van der Waals surface area contributed by atoms with Crippen LogP contribution < -0.4 is 0 Å². The summed E-state index contributed by atoms with van der Waals surface area (Å²) in [7, 11) is 0. The van der Waals surface area contributed by atoms with Gasteiger partial charge in [-0.2, -0.15) is 0 Å². The van der Waals surface area contributed by atoms with Gasteiger partial charge < -0.3 is 14.2 Å². The lowest BCUT2D eigenvalue weighted by atomic mass is 10.0. The largest absolute Gasteiger partial charge is 0.462 e. The average Bonchev–Trinajstić information content (AvgIpc) is 3.46. The van der Waals surface area contributed by atoms with Crippen molar-refractivity contribution in [3.05, 3.63) is 146 Å². The Morgan fingerprint density at radius 2 is 0.444 bits per heavy atom. The van der Waals surface area contributed by atoms with Crippen LogP contribution in [0, 0.1) is 0 Å². The van der Waals surface area contributed by atoms with Gasteiger partial charge in [0.15, 0.2) is 6.10 Å². The van der Waals surface area contributed by atoms with Crippen molar-refractivity contribution in [3.63, 3.8) is 0 Å². The van der Waals surface area contributed by atoms with Crippen molar-refractivity contribution in [2.45, 2.75) is 297 Å². The minimum atomic E-state index is -0.808. The fraction of sp³-hybridized carbons (Fsp3) is 0.640. The Hall–Kier alpha value is -4.71. The fourth-order valence-corrected chi connectivity index (χ4v) is 8.95. The minimum absolute atomic E-state index is 0.100. The quantitative estimate of drug-likeness (QED) is 0.0261. The van der Waals surface area contributed by atoms with Crippen LogP contribution in [0.2, 0.25) is 0 Å². The Labute approximate surface area is 499 Å². The van der Waals surface area contributed by atoms with Gasteiger partial charge in [-0.25, -0.2) is 0 Å². The van der Waals surface area contributed by atoms with Gasteiger partial charge in [-0.05, 0) is 135 Å². The van der Waals surface area contributed by atoms with Gasteiger partial charge in [-0.3, -0.25) is 14.4 Å². The molecule has 0 rings (SSSR count). The van der Waals surface area contributed by atoms with Crippen LogP contribution in [-0.2, 0) is 28.6 Å². The van der Waals surface area contributed by atoms with E-state index in [1.54, 1.807) is 0 Å². The van der Waals surface area contributed by atoms with Gasteiger partial charge in [0.25, 0.3) is 0 Å². The zero-order chi connectivity index (χ0) is 58.5. The molecule has 6 heteroatoms. The van der Waals surface area contributed by atoms with Gasteiger partial charge in [0.05, 0.1) is 0 Å². The molecule has 458 valence electrons. The molecule has 0 aliphatic rings. The molecule has 0 saturated carbocycles. The number of hydrogen-bond acceptors (Lipinski definition) is 6. The molecule has 0 aliphatic carbocycles. The number of hydrogen-bond donors (Lipinski definition) is 0. The summed E-state index contributed by atoms with van der Waals surface area (Å²) >= 11 is 0. The summed E-state index contributed by atoms with van der Waals surface area (Å²) in [5, 5.41) is 0. The molecular formula is C75H122O6. The maximum atomic E-state index is 12.9. The number of carbonyl (C=O) groups excluding carboxylic acids is 3. The van der Waals surface area contributed by atoms with Crippen LogP contribution in [0.5, 0.6) is 0 Å². The van der Waals surface area contributed by atoms with Crippen LogP contribution in [0.15, 0.2) is 146 Å². The molecule has 0 aromatic heterocycles. The van der Waals surface area contributed by atoms with Crippen molar-refractivity contribution < 1.29 is 28.6 Å². The Balaban J connectivity index is 4.23. The molecular weight excluding hydrogens is 997 g/mol. The highest BCUT2D eigenvalue weighted by molar-refractivity contribution is 5.71. The lowest BCUT2D eigenvalue weighted by molar-refractivity contribution is -0.167. The predicted octanol–water partition coefficient (Wildman–Crippen LogP) is 23.1. The lowest BCUT2D eigenvalue weighted by Gasteiger charge is -2.18. The van der Waals surface area contributed by atoms with Gasteiger partial charge in [0.1, 0.15) is 13.2 Å². The van der Waals surface area contributed by atoms with Crippen molar-refractivity contribution in [2.24, 2.45) is 0 Å². The summed E-state index contributed by atoms with van der Waals surface area (Å²) in [5.74, 6) is -0.952. The van der Waals surface area contributed by atoms with Gasteiger partial charge in [0.2, 0.25) is 0 Å². The van der Waals surface area contributed by atoms with E-state index in [1.807, 2.05) is 0 Å². The van der Waals surface area contributed by atoms with E-state index in [1.165, 1.54) is 96.3 Å². The molecule has 0 spiro atoms. The van der Waals surface area contributed by atoms with Crippen LogP contribution in [0.1, 0.15) is 290 Å². The number of ether oxygens (including phenoxy) is 3. The highest BCUT2D eigenvalue weighted by atomic mass is 16.6. The molecule has 0 N–H and O–H groups in total. The molecule has 6 nitrogen and oxygen atoms in total. The summed E-state index contributed by atoms with van der Waals surface area (Å²) in [4.78, 5) is 38.3. The number of unbranched alkanes of at least 4 members (excludes halogenated alkanes) is 24. The lowest BCUT2D eigenvalue weighted by Crippen LogP contribution is -2.30. The molecule has 0 radical (unpaired) electrons. The molecule has 0 aromatic rings. The monoisotopic (exact) mass is 1120 g/mol. The molecule has 0 aromatic carbocycles. The first-order chi connectivity index (χ1) is 40.0. The topological polar surface area (TPSA) is 78.9 Å². The van der Waals surface area contributed by atoms with Crippen LogP contribution in [0.4, 0.5) is 0 Å². The first kappa shape index (κ1) is 76.3. The molecule has 0 bridgehead atoms. The predicted molar refractivity (Wildman–Crippen MR) is 352 cm³/mol. The maximum absolute atomic E-state index is 12.9. The third kappa shape index (κ3) is 66.0. The van der Waals surface area contributed by atoms with Crippen molar-refractivity contribution in [1.29, 1.82) is 0 Å². The third-order valence-corrected chi connectivity index (χ3v) is 13.8. The molecule has 0 amide bonds. The van der Waals surface area contributed by atoms with E-state index in [2.05, 4.69) is 167 Å². The highest BCUT2D eigenvalue weighted by Gasteiger charge is 2.19. The standard InChI is InChI=1S/C75H122O6/c1-4-7-10-13-16-19-22-25-27-29-30-31-32-33-34-35-36-37-38-39-40-41-42-43-44-46-47-50-53-56-59-62-65-68-74(77)80-71-72(70-79-73(76)67-64-61-58-55-52-49-24-21-18-15-12-9-6-3)81-75(78)69-66-63-60-57-54-51-48-45-28-26-23-20-17-14-11-8-5-2/h7-12,16-21,25-28,30-31,33-34,48-49,51-52,72H,4-6,13-15,22-24,29,32,35-47,50,53-71H2,1-3H3/b10-7-,11-8-,12-9-,19-16-,20-17-,21-18-,27-25-,28-26-,31-30-,34-33-,51-48-,52-49-. The summed E-state index contributed by atoms with van der Waals surface area (Å²) in [6.07, 6.45) is 97.4. The van der Waals surface area contributed by atoms with E-state index in [9.17, 15) is 14.4 Å². The second kappa shape index (κ2) is 67.8. The first-order valence-electron chi connectivity index (χ1n) is 33.3. The average molecular weight is 1120 g/mol. The minimum Gasteiger partial charge on any atom is -0.462 e.